The minimum atomic E-state index is 0.240. The summed E-state index contributed by atoms with van der Waals surface area (Å²) >= 11 is 0. The largest absolute Gasteiger partial charge is 0.381 e. The van der Waals surface area contributed by atoms with Crippen molar-refractivity contribution in [3.05, 3.63) is 0 Å². The molecule has 0 amide bonds. The van der Waals surface area contributed by atoms with Crippen LogP contribution in [0.5, 0.6) is 0 Å². The van der Waals surface area contributed by atoms with Crippen molar-refractivity contribution < 1.29 is 4.74 Å². The van der Waals surface area contributed by atoms with Crippen LogP contribution in [0, 0.1) is 0 Å². The monoisotopic (exact) mass is 268 g/mol. The molecule has 0 heterocycles. The highest BCUT2D eigenvalue weighted by molar-refractivity contribution is 4.97. The Labute approximate surface area is 118 Å². The Morgan fingerprint density at radius 2 is 1.63 bits per heavy atom. The summed E-state index contributed by atoms with van der Waals surface area (Å²) in [5.74, 6) is 0. The molecular formula is C16H32N2O. The van der Waals surface area contributed by atoms with Crippen LogP contribution in [0.4, 0.5) is 0 Å². The third kappa shape index (κ3) is 3.50. The van der Waals surface area contributed by atoms with Gasteiger partial charge in [0.15, 0.2) is 0 Å². The number of nitrogens with zero attached hydrogens (tertiary/aromatic N) is 1. The maximum absolute atomic E-state index is 6.19. The van der Waals surface area contributed by atoms with Gasteiger partial charge in [0.05, 0.1) is 6.10 Å². The lowest BCUT2D eigenvalue weighted by atomic mass is 9.78. The lowest BCUT2D eigenvalue weighted by molar-refractivity contribution is -0.0157. The minimum absolute atomic E-state index is 0.240. The second-order valence-electron chi connectivity index (χ2n) is 6.62. The van der Waals surface area contributed by atoms with E-state index >= 15 is 0 Å². The summed E-state index contributed by atoms with van der Waals surface area (Å²) in [5.41, 5.74) is 6.43. The highest BCUT2D eigenvalue weighted by Crippen LogP contribution is 2.36. The quantitative estimate of drug-likeness (QED) is 0.797. The SMILES string of the molecule is COC1CCC(CN)(N(C)C2CCCCCC2)CC1. The fourth-order valence-corrected chi connectivity index (χ4v) is 4.10. The molecule has 0 atom stereocenters. The van der Waals surface area contributed by atoms with Crippen LogP contribution in [0.1, 0.15) is 64.2 Å². The van der Waals surface area contributed by atoms with Crippen LogP contribution in [-0.2, 0) is 4.74 Å². The Hall–Kier alpha value is -0.120. The molecule has 2 aliphatic carbocycles. The predicted molar refractivity (Wildman–Crippen MR) is 80.3 cm³/mol. The van der Waals surface area contributed by atoms with E-state index in [-0.39, 0.29) is 5.54 Å². The highest BCUT2D eigenvalue weighted by Gasteiger charge is 2.40. The van der Waals surface area contributed by atoms with Crippen molar-refractivity contribution in [2.45, 2.75) is 81.9 Å². The maximum atomic E-state index is 6.19. The van der Waals surface area contributed by atoms with Crippen LogP contribution < -0.4 is 5.73 Å². The second kappa shape index (κ2) is 7.05. The molecule has 0 aromatic carbocycles. The summed E-state index contributed by atoms with van der Waals surface area (Å²) in [6.07, 6.45) is 13.6. The van der Waals surface area contributed by atoms with Crippen molar-refractivity contribution in [2.24, 2.45) is 5.73 Å². The lowest BCUT2D eigenvalue weighted by Gasteiger charge is -2.49. The number of likely N-dealkylation sites (N-methyl/N-ethyl adjacent to an activating group) is 1. The molecule has 2 saturated carbocycles. The molecule has 0 unspecified atom stereocenters. The average Bonchev–Trinajstić information content (AvgIpc) is 2.75. The molecule has 3 nitrogen and oxygen atoms in total. The maximum Gasteiger partial charge on any atom is 0.0572 e. The third-order valence-electron chi connectivity index (χ3n) is 5.70. The van der Waals surface area contributed by atoms with Gasteiger partial charge in [0.2, 0.25) is 0 Å². The Balaban J connectivity index is 1.99. The summed E-state index contributed by atoms with van der Waals surface area (Å²) < 4.78 is 5.51. The number of hydrogen-bond donors (Lipinski definition) is 1. The zero-order valence-electron chi connectivity index (χ0n) is 12.9. The van der Waals surface area contributed by atoms with Gasteiger partial charge < -0.3 is 10.5 Å². The molecule has 112 valence electrons. The summed E-state index contributed by atoms with van der Waals surface area (Å²) in [5, 5.41) is 0. The van der Waals surface area contributed by atoms with Crippen molar-refractivity contribution in [1.82, 2.24) is 4.90 Å². The summed E-state index contributed by atoms with van der Waals surface area (Å²) in [6, 6.07) is 0.755. The van der Waals surface area contributed by atoms with Gasteiger partial charge in [0.25, 0.3) is 0 Å². The van der Waals surface area contributed by atoms with Gasteiger partial charge in [-0.1, -0.05) is 25.7 Å². The first-order chi connectivity index (χ1) is 9.22. The van der Waals surface area contributed by atoms with Gasteiger partial charge in [0.1, 0.15) is 0 Å². The van der Waals surface area contributed by atoms with Crippen LogP contribution in [0.2, 0.25) is 0 Å². The molecule has 0 spiro atoms. The smallest absolute Gasteiger partial charge is 0.0572 e. The first-order valence-corrected chi connectivity index (χ1v) is 8.17. The van der Waals surface area contributed by atoms with Crippen LogP contribution in [0.3, 0.4) is 0 Å². The molecule has 0 radical (unpaired) electrons. The molecule has 2 N–H and O–H groups in total. The predicted octanol–water partition coefficient (Wildman–Crippen LogP) is 2.93. The normalized spacial score (nSPS) is 34.4. The van der Waals surface area contributed by atoms with Crippen molar-refractivity contribution in [1.29, 1.82) is 0 Å². The second-order valence-corrected chi connectivity index (χ2v) is 6.62. The van der Waals surface area contributed by atoms with Gasteiger partial charge in [-0.15, -0.1) is 0 Å². The molecule has 0 bridgehead atoms. The summed E-state index contributed by atoms with van der Waals surface area (Å²) in [6.45, 7) is 0.802. The van der Waals surface area contributed by atoms with Gasteiger partial charge in [-0.3, -0.25) is 4.90 Å². The van der Waals surface area contributed by atoms with Crippen LogP contribution in [-0.4, -0.2) is 43.3 Å². The third-order valence-corrected chi connectivity index (χ3v) is 5.70. The zero-order chi connectivity index (χ0) is 13.7. The van der Waals surface area contributed by atoms with Gasteiger partial charge in [0, 0.05) is 25.2 Å². The Kier molecular flexibility index (Phi) is 5.67. The number of methoxy groups -OCH3 is 1. The first-order valence-electron chi connectivity index (χ1n) is 8.17. The number of nitrogens with two attached hydrogens (primary N) is 1. The van der Waals surface area contributed by atoms with E-state index in [9.17, 15) is 0 Å². The molecular weight excluding hydrogens is 236 g/mol. The molecule has 19 heavy (non-hydrogen) atoms. The molecule has 0 aliphatic heterocycles. The van der Waals surface area contributed by atoms with E-state index in [2.05, 4.69) is 11.9 Å². The van der Waals surface area contributed by atoms with Gasteiger partial charge in [-0.05, 0) is 45.6 Å². The van der Waals surface area contributed by atoms with Crippen molar-refractivity contribution in [3.63, 3.8) is 0 Å². The Bertz CT molecular complexity index is 253. The molecule has 2 aliphatic rings. The summed E-state index contributed by atoms with van der Waals surface area (Å²) in [4.78, 5) is 2.66. The zero-order valence-corrected chi connectivity index (χ0v) is 12.9. The standard InChI is InChI=1S/C16H32N2O/c1-18(14-7-5-3-4-6-8-14)16(13-17)11-9-15(19-2)10-12-16/h14-15H,3-13,17H2,1-2H3. The van der Waals surface area contributed by atoms with E-state index in [0.717, 1.165) is 12.6 Å². The first kappa shape index (κ1) is 15.3. The Morgan fingerprint density at radius 1 is 1.05 bits per heavy atom. The van der Waals surface area contributed by atoms with Crippen LogP contribution >= 0.6 is 0 Å². The molecule has 0 saturated heterocycles. The van der Waals surface area contributed by atoms with Gasteiger partial charge in [-0.2, -0.15) is 0 Å². The van der Waals surface area contributed by atoms with E-state index in [1.807, 2.05) is 7.11 Å². The summed E-state index contributed by atoms with van der Waals surface area (Å²) in [7, 11) is 4.17. The molecule has 2 rings (SSSR count). The van der Waals surface area contributed by atoms with E-state index in [0.29, 0.717) is 6.10 Å². The number of rotatable bonds is 4. The lowest BCUT2D eigenvalue weighted by Crippen LogP contribution is -2.58. The van der Waals surface area contributed by atoms with E-state index in [1.165, 1.54) is 64.2 Å². The van der Waals surface area contributed by atoms with Crippen LogP contribution in [0.25, 0.3) is 0 Å². The average molecular weight is 268 g/mol. The van der Waals surface area contributed by atoms with Crippen molar-refractivity contribution in [3.8, 4) is 0 Å². The van der Waals surface area contributed by atoms with Gasteiger partial charge >= 0.3 is 0 Å². The number of hydrogen-bond acceptors (Lipinski definition) is 3. The topological polar surface area (TPSA) is 38.5 Å². The molecule has 3 heteroatoms. The van der Waals surface area contributed by atoms with E-state index in [1.54, 1.807) is 0 Å². The fourth-order valence-electron chi connectivity index (χ4n) is 4.10. The number of ether oxygens (including phenoxy) is 1. The van der Waals surface area contributed by atoms with E-state index in [4.69, 9.17) is 10.5 Å². The fraction of sp³-hybridized carbons (Fsp3) is 1.00. The molecule has 2 fully saturated rings. The Morgan fingerprint density at radius 3 is 2.11 bits per heavy atom. The van der Waals surface area contributed by atoms with Crippen molar-refractivity contribution in [2.75, 3.05) is 20.7 Å². The van der Waals surface area contributed by atoms with E-state index < -0.39 is 0 Å². The molecule has 0 aromatic rings. The van der Waals surface area contributed by atoms with Gasteiger partial charge in [-0.25, -0.2) is 0 Å². The van der Waals surface area contributed by atoms with Crippen molar-refractivity contribution >= 4 is 0 Å². The molecule has 0 aromatic heterocycles. The highest BCUT2D eigenvalue weighted by atomic mass is 16.5. The van der Waals surface area contributed by atoms with Crippen LogP contribution in [0.15, 0.2) is 0 Å². The minimum Gasteiger partial charge on any atom is -0.381 e.